The van der Waals surface area contributed by atoms with Crippen LogP contribution in [0, 0.1) is 5.92 Å². The van der Waals surface area contributed by atoms with Gasteiger partial charge in [-0.05, 0) is 31.4 Å². The Balaban J connectivity index is 1.66. The first-order chi connectivity index (χ1) is 7.45. The van der Waals surface area contributed by atoms with Crippen LogP contribution in [0.15, 0.2) is 18.5 Å². The highest BCUT2D eigenvalue weighted by Crippen LogP contribution is 2.22. The molecule has 3 heteroatoms. The first-order valence-electron chi connectivity index (χ1n) is 5.92. The topological polar surface area (TPSA) is 37.8 Å². The fourth-order valence-corrected chi connectivity index (χ4v) is 2.20. The molecule has 2 rings (SSSR count). The van der Waals surface area contributed by atoms with Crippen LogP contribution in [0.2, 0.25) is 0 Å². The van der Waals surface area contributed by atoms with Crippen LogP contribution < -0.4 is 5.32 Å². The van der Waals surface area contributed by atoms with Crippen molar-refractivity contribution >= 4 is 0 Å². The molecule has 1 fully saturated rings. The van der Waals surface area contributed by atoms with E-state index >= 15 is 0 Å². The molecule has 1 heterocycles. The summed E-state index contributed by atoms with van der Waals surface area (Å²) in [4.78, 5) is 8.38. The second kappa shape index (κ2) is 5.81. The normalized spacial score (nSPS) is 17.9. The first kappa shape index (κ1) is 10.6. The average Bonchev–Trinajstić information content (AvgIpc) is 2.32. The number of rotatable bonds is 4. The Hall–Kier alpha value is -0.960. The van der Waals surface area contributed by atoms with E-state index < -0.39 is 0 Å². The smallest absolute Gasteiger partial charge is 0.141 e. The van der Waals surface area contributed by atoms with Crippen molar-refractivity contribution in [2.75, 3.05) is 6.54 Å². The van der Waals surface area contributed by atoms with Crippen molar-refractivity contribution in [3.05, 3.63) is 24.3 Å². The van der Waals surface area contributed by atoms with Gasteiger partial charge < -0.3 is 5.32 Å². The fraction of sp³-hybridized carbons (Fsp3) is 0.667. The second-order valence-electron chi connectivity index (χ2n) is 4.30. The van der Waals surface area contributed by atoms with E-state index in [9.17, 15) is 0 Å². The monoisotopic (exact) mass is 205 g/mol. The van der Waals surface area contributed by atoms with Crippen LogP contribution in [0.5, 0.6) is 0 Å². The van der Waals surface area contributed by atoms with Gasteiger partial charge in [0.15, 0.2) is 0 Å². The van der Waals surface area contributed by atoms with Crippen molar-refractivity contribution in [1.29, 1.82) is 0 Å². The lowest BCUT2D eigenvalue weighted by atomic mass is 9.89. The van der Waals surface area contributed by atoms with Crippen molar-refractivity contribution in [2.45, 2.75) is 38.6 Å². The van der Waals surface area contributed by atoms with Crippen LogP contribution >= 0.6 is 0 Å². The second-order valence-corrected chi connectivity index (χ2v) is 4.30. The lowest BCUT2D eigenvalue weighted by molar-refractivity contribution is 0.341. The number of hydrogen-bond donors (Lipinski definition) is 1. The summed E-state index contributed by atoms with van der Waals surface area (Å²) >= 11 is 0. The van der Waals surface area contributed by atoms with E-state index in [1.165, 1.54) is 32.1 Å². The van der Waals surface area contributed by atoms with Gasteiger partial charge in [-0.3, -0.25) is 0 Å². The van der Waals surface area contributed by atoms with Gasteiger partial charge >= 0.3 is 0 Å². The third-order valence-corrected chi connectivity index (χ3v) is 3.06. The van der Waals surface area contributed by atoms with E-state index in [0.29, 0.717) is 0 Å². The van der Waals surface area contributed by atoms with Crippen LogP contribution in [-0.2, 0) is 6.54 Å². The summed E-state index contributed by atoms with van der Waals surface area (Å²) in [6.07, 6.45) is 10.6. The van der Waals surface area contributed by atoms with Crippen LogP contribution in [0.1, 0.15) is 37.9 Å². The van der Waals surface area contributed by atoms with E-state index in [4.69, 9.17) is 0 Å². The molecule has 0 aliphatic heterocycles. The maximum Gasteiger partial charge on any atom is 0.141 e. The minimum absolute atomic E-state index is 0.803. The van der Waals surface area contributed by atoms with Crippen LogP contribution in [0.3, 0.4) is 0 Å². The van der Waals surface area contributed by atoms with Crippen molar-refractivity contribution in [3.63, 3.8) is 0 Å². The van der Waals surface area contributed by atoms with E-state index in [1.807, 2.05) is 6.07 Å². The number of hydrogen-bond acceptors (Lipinski definition) is 3. The molecule has 1 aromatic rings. The van der Waals surface area contributed by atoms with Crippen molar-refractivity contribution in [2.24, 2.45) is 5.92 Å². The molecule has 0 spiro atoms. The predicted molar refractivity (Wildman–Crippen MR) is 60.3 cm³/mol. The van der Waals surface area contributed by atoms with Crippen molar-refractivity contribution in [3.8, 4) is 0 Å². The van der Waals surface area contributed by atoms with Crippen molar-refractivity contribution < 1.29 is 0 Å². The molecule has 0 unspecified atom stereocenters. The van der Waals surface area contributed by atoms with Gasteiger partial charge in [-0.1, -0.05) is 19.3 Å². The summed E-state index contributed by atoms with van der Waals surface area (Å²) in [5, 5.41) is 3.45. The first-order valence-corrected chi connectivity index (χ1v) is 5.92. The molecule has 1 aliphatic carbocycles. The van der Waals surface area contributed by atoms with E-state index in [-0.39, 0.29) is 0 Å². The summed E-state index contributed by atoms with van der Waals surface area (Å²) in [5.74, 6) is 1.77. The highest BCUT2D eigenvalue weighted by Gasteiger charge is 2.12. The van der Waals surface area contributed by atoms with E-state index in [2.05, 4.69) is 15.3 Å². The highest BCUT2D eigenvalue weighted by atomic mass is 15.0. The maximum atomic E-state index is 4.19. The Morgan fingerprint density at radius 1 is 1.13 bits per heavy atom. The summed E-state index contributed by atoms with van der Waals surface area (Å²) in [5.41, 5.74) is 0. The average molecular weight is 205 g/mol. The van der Waals surface area contributed by atoms with Gasteiger partial charge in [0.2, 0.25) is 0 Å². The Morgan fingerprint density at radius 3 is 2.60 bits per heavy atom. The molecular weight excluding hydrogens is 186 g/mol. The Bertz CT molecular complexity index is 267. The third kappa shape index (κ3) is 3.59. The molecule has 1 saturated carbocycles. The van der Waals surface area contributed by atoms with Crippen LogP contribution in [-0.4, -0.2) is 16.5 Å². The van der Waals surface area contributed by atoms with Gasteiger partial charge in [-0.25, -0.2) is 9.97 Å². The molecule has 15 heavy (non-hydrogen) atoms. The molecule has 1 aliphatic rings. The molecule has 0 radical (unpaired) electrons. The SMILES string of the molecule is c1cnc(CNCC2CCCCC2)nc1. The van der Waals surface area contributed by atoms with Gasteiger partial charge in [0, 0.05) is 12.4 Å². The number of nitrogens with zero attached hydrogens (tertiary/aromatic N) is 2. The third-order valence-electron chi connectivity index (χ3n) is 3.06. The molecule has 82 valence electrons. The van der Waals surface area contributed by atoms with Crippen molar-refractivity contribution in [1.82, 2.24) is 15.3 Å². The van der Waals surface area contributed by atoms with Crippen LogP contribution in [0.25, 0.3) is 0 Å². The molecule has 1 aromatic heterocycles. The largest absolute Gasteiger partial charge is 0.310 e. The lowest BCUT2D eigenvalue weighted by Crippen LogP contribution is -2.24. The summed E-state index contributed by atoms with van der Waals surface area (Å²) in [6, 6.07) is 1.85. The minimum Gasteiger partial charge on any atom is -0.310 e. The molecule has 0 saturated heterocycles. The highest BCUT2D eigenvalue weighted by molar-refractivity contribution is 4.87. The summed E-state index contributed by atoms with van der Waals surface area (Å²) < 4.78 is 0. The van der Waals surface area contributed by atoms with Gasteiger partial charge in [-0.2, -0.15) is 0 Å². The molecule has 0 amide bonds. The Kier molecular flexibility index (Phi) is 4.09. The minimum atomic E-state index is 0.803. The molecule has 1 N–H and O–H groups in total. The van der Waals surface area contributed by atoms with E-state index in [0.717, 1.165) is 24.8 Å². The molecular formula is C12H19N3. The van der Waals surface area contributed by atoms with Gasteiger partial charge in [0.25, 0.3) is 0 Å². The van der Waals surface area contributed by atoms with E-state index in [1.54, 1.807) is 12.4 Å². The van der Waals surface area contributed by atoms with Gasteiger partial charge in [-0.15, -0.1) is 0 Å². The zero-order valence-electron chi connectivity index (χ0n) is 9.15. The Labute approximate surface area is 91.3 Å². The summed E-state index contributed by atoms with van der Waals surface area (Å²) in [7, 11) is 0. The quantitative estimate of drug-likeness (QED) is 0.818. The maximum absolute atomic E-state index is 4.19. The molecule has 0 aromatic carbocycles. The van der Waals surface area contributed by atoms with Gasteiger partial charge in [0.1, 0.15) is 5.82 Å². The molecule has 3 nitrogen and oxygen atoms in total. The zero-order chi connectivity index (χ0) is 10.3. The standard InChI is InChI=1S/C12H19N3/c1-2-5-11(6-3-1)9-13-10-12-14-7-4-8-15-12/h4,7-8,11,13H,1-3,5-6,9-10H2. The number of aromatic nitrogens is 2. The van der Waals surface area contributed by atoms with Crippen LogP contribution in [0.4, 0.5) is 0 Å². The fourth-order valence-electron chi connectivity index (χ4n) is 2.20. The Morgan fingerprint density at radius 2 is 1.87 bits per heavy atom. The predicted octanol–water partition coefficient (Wildman–Crippen LogP) is 2.15. The summed E-state index contributed by atoms with van der Waals surface area (Å²) in [6.45, 7) is 1.93. The number of nitrogens with one attached hydrogen (secondary N) is 1. The van der Waals surface area contributed by atoms with Gasteiger partial charge in [0.05, 0.1) is 6.54 Å². The zero-order valence-corrected chi connectivity index (χ0v) is 9.15. The molecule has 0 atom stereocenters. The lowest BCUT2D eigenvalue weighted by Gasteiger charge is -2.21. The molecule has 0 bridgehead atoms.